The van der Waals surface area contributed by atoms with E-state index in [1.54, 1.807) is 12.1 Å². The first-order valence-electron chi connectivity index (χ1n) is 8.67. The van der Waals surface area contributed by atoms with Crippen LogP contribution in [0.4, 0.5) is 0 Å². The van der Waals surface area contributed by atoms with Gasteiger partial charge in [-0.2, -0.15) is 0 Å². The molecule has 136 valence electrons. The largest absolute Gasteiger partial charge is 0.504 e. The summed E-state index contributed by atoms with van der Waals surface area (Å²) < 4.78 is 5.66. The number of fused-ring (bicyclic) bond motifs is 3. The zero-order valence-electron chi connectivity index (χ0n) is 14.5. The normalized spacial score (nSPS) is 11.4. The monoisotopic (exact) mass is 370 g/mol. The van der Waals surface area contributed by atoms with Crippen LogP contribution in [0.3, 0.4) is 0 Å². The van der Waals surface area contributed by atoms with Crippen molar-refractivity contribution in [1.82, 2.24) is 0 Å². The van der Waals surface area contributed by atoms with Gasteiger partial charge in [0.05, 0.1) is 0 Å². The molecule has 0 radical (unpaired) electrons. The molecule has 3 N–H and O–H groups in total. The third kappa shape index (κ3) is 2.23. The summed E-state index contributed by atoms with van der Waals surface area (Å²) in [4.78, 5) is 11.9. The van der Waals surface area contributed by atoms with Crippen LogP contribution in [0.1, 0.15) is 0 Å². The van der Waals surface area contributed by atoms with Crippen LogP contribution >= 0.6 is 0 Å². The molecule has 1 aliphatic heterocycles. The highest BCUT2D eigenvalue weighted by Crippen LogP contribution is 2.47. The van der Waals surface area contributed by atoms with E-state index in [4.69, 9.17) is 4.42 Å². The molecule has 0 amide bonds. The highest BCUT2D eigenvalue weighted by Gasteiger charge is 2.23. The summed E-state index contributed by atoms with van der Waals surface area (Å²) in [7, 11) is 0. The fraction of sp³-hybridized carbons (Fsp3) is 0. The van der Waals surface area contributed by atoms with Gasteiger partial charge in [-0.15, -0.1) is 0 Å². The lowest BCUT2D eigenvalue weighted by Crippen LogP contribution is -2.02. The highest BCUT2D eigenvalue weighted by atomic mass is 16.4. The van der Waals surface area contributed by atoms with Gasteiger partial charge in [-0.3, -0.25) is 4.79 Å². The molecule has 1 aliphatic carbocycles. The fourth-order valence-electron chi connectivity index (χ4n) is 3.62. The number of hydrogen-bond donors (Lipinski definition) is 3. The minimum Gasteiger partial charge on any atom is -0.504 e. The number of phenols is 3. The molecule has 5 heteroatoms. The van der Waals surface area contributed by atoms with Crippen molar-refractivity contribution in [3.8, 4) is 39.7 Å². The summed E-state index contributed by atoms with van der Waals surface area (Å²) in [5.41, 5.74) is 1.46. The second-order valence-corrected chi connectivity index (χ2v) is 6.64. The lowest BCUT2D eigenvalue weighted by atomic mass is 9.92. The first-order valence-corrected chi connectivity index (χ1v) is 8.67. The molecule has 5 rings (SSSR count). The van der Waals surface area contributed by atoms with Crippen molar-refractivity contribution >= 4 is 21.7 Å². The molecular formula is C23H14O5. The van der Waals surface area contributed by atoms with E-state index in [1.165, 1.54) is 12.1 Å². The number of phenolic OH excluding ortho intramolecular Hbond substituents is 3. The number of aromatic hydroxyl groups is 3. The molecule has 3 aromatic rings. The smallest absolute Gasteiger partial charge is 0.224 e. The zero-order chi connectivity index (χ0) is 19.4. The molecule has 1 heterocycles. The summed E-state index contributed by atoms with van der Waals surface area (Å²) in [6.07, 6.45) is 0. The van der Waals surface area contributed by atoms with Crippen molar-refractivity contribution in [3.05, 3.63) is 77.0 Å². The first kappa shape index (κ1) is 16.2. The lowest BCUT2D eigenvalue weighted by Gasteiger charge is -2.17. The second kappa shape index (κ2) is 5.76. The Morgan fingerprint density at radius 2 is 1.54 bits per heavy atom. The molecule has 0 fully saturated rings. The summed E-state index contributed by atoms with van der Waals surface area (Å²) in [6.45, 7) is 0. The molecule has 0 spiro atoms. The van der Waals surface area contributed by atoms with Crippen LogP contribution in [0.15, 0.2) is 75.9 Å². The molecule has 0 saturated carbocycles. The number of hydrogen-bond acceptors (Lipinski definition) is 5. The molecule has 5 nitrogen and oxygen atoms in total. The van der Waals surface area contributed by atoms with Crippen LogP contribution in [0.5, 0.6) is 17.2 Å². The molecule has 0 unspecified atom stereocenters. The summed E-state index contributed by atoms with van der Waals surface area (Å²) >= 11 is 0. The average molecular weight is 370 g/mol. The van der Waals surface area contributed by atoms with Gasteiger partial charge in [0.25, 0.3) is 0 Å². The predicted octanol–water partition coefficient (Wildman–Crippen LogP) is 4.83. The van der Waals surface area contributed by atoms with Crippen molar-refractivity contribution in [3.63, 3.8) is 0 Å². The topological polar surface area (TPSA) is 90.9 Å². The minimum atomic E-state index is -0.584. The van der Waals surface area contributed by atoms with Crippen LogP contribution in [0.25, 0.3) is 44.2 Å². The van der Waals surface area contributed by atoms with E-state index in [0.29, 0.717) is 16.5 Å². The average Bonchev–Trinajstić information content (AvgIpc) is 2.72. The summed E-state index contributed by atoms with van der Waals surface area (Å²) in [5.74, 6) is -1.37. The van der Waals surface area contributed by atoms with Crippen molar-refractivity contribution in [1.29, 1.82) is 0 Å². The molecule has 0 atom stereocenters. The van der Waals surface area contributed by atoms with Crippen molar-refractivity contribution in [2.45, 2.75) is 0 Å². The van der Waals surface area contributed by atoms with E-state index in [9.17, 15) is 20.1 Å². The number of benzene rings is 4. The fourth-order valence-corrected chi connectivity index (χ4v) is 3.62. The van der Waals surface area contributed by atoms with E-state index < -0.39 is 16.9 Å². The molecule has 0 bridgehead atoms. The predicted molar refractivity (Wildman–Crippen MR) is 107 cm³/mol. The Labute approximate surface area is 158 Å². The maximum absolute atomic E-state index is 11.9. The van der Waals surface area contributed by atoms with Gasteiger partial charge in [0.15, 0.2) is 17.1 Å². The van der Waals surface area contributed by atoms with Crippen LogP contribution in [-0.2, 0) is 0 Å². The Morgan fingerprint density at radius 3 is 2.36 bits per heavy atom. The Hall–Kier alpha value is -3.99. The van der Waals surface area contributed by atoms with Crippen LogP contribution < -0.4 is 5.43 Å². The van der Waals surface area contributed by atoms with E-state index in [2.05, 4.69) is 0 Å². The van der Waals surface area contributed by atoms with Gasteiger partial charge in [-0.25, -0.2) is 0 Å². The maximum atomic E-state index is 11.9. The van der Waals surface area contributed by atoms with Gasteiger partial charge in [0, 0.05) is 16.5 Å². The van der Waals surface area contributed by atoms with Gasteiger partial charge < -0.3 is 19.7 Å². The Morgan fingerprint density at radius 1 is 0.750 bits per heavy atom. The Balaban J connectivity index is 1.98. The molecule has 28 heavy (non-hydrogen) atoms. The molecule has 2 aliphatic rings. The molecule has 0 aromatic heterocycles. The van der Waals surface area contributed by atoms with Crippen molar-refractivity contribution in [2.75, 3.05) is 0 Å². The van der Waals surface area contributed by atoms with Gasteiger partial charge in [-0.05, 0) is 46.7 Å². The van der Waals surface area contributed by atoms with Gasteiger partial charge >= 0.3 is 0 Å². The molecular weight excluding hydrogens is 356 g/mol. The van der Waals surface area contributed by atoms with E-state index in [1.807, 2.05) is 42.5 Å². The zero-order valence-corrected chi connectivity index (χ0v) is 14.5. The standard InChI is InChI=1S/C23H14O5/c24-17-9-7-15-19(14-6-5-12-3-1-2-4-13(12)11-14)16-8-10-18(25)21(27)23(16)28-22(15)20(17)26/h1-11,24,26-27H. The summed E-state index contributed by atoms with van der Waals surface area (Å²) in [5, 5.41) is 33.1. The SMILES string of the molecule is O=c1ccc2c(-c3ccc4ccccc4c3)c3ccc(O)c(O)c3oc-2c1O. The molecule has 3 aromatic carbocycles. The first-order chi connectivity index (χ1) is 13.5. The number of rotatable bonds is 1. The lowest BCUT2D eigenvalue weighted by molar-refractivity contribution is 0.398. The second-order valence-electron chi connectivity index (χ2n) is 6.64. The highest BCUT2D eigenvalue weighted by molar-refractivity contribution is 6.06. The van der Waals surface area contributed by atoms with E-state index in [-0.39, 0.29) is 17.1 Å². The Kier molecular flexibility index (Phi) is 3.33. The minimum absolute atomic E-state index is 0.00319. The van der Waals surface area contributed by atoms with Crippen LogP contribution in [0, 0.1) is 0 Å². The third-order valence-electron chi connectivity index (χ3n) is 4.99. The van der Waals surface area contributed by atoms with Crippen LogP contribution in [0.2, 0.25) is 0 Å². The van der Waals surface area contributed by atoms with Gasteiger partial charge in [0.1, 0.15) is 0 Å². The Bertz CT molecular complexity index is 1410. The van der Waals surface area contributed by atoms with Gasteiger partial charge in [0.2, 0.25) is 16.9 Å². The van der Waals surface area contributed by atoms with Crippen molar-refractivity contribution < 1.29 is 19.7 Å². The summed E-state index contributed by atoms with van der Waals surface area (Å²) in [6, 6.07) is 19.7. The van der Waals surface area contributed by atoms with Gasteiger partial charge in [-0.1, -0.05) is 36.4 Å². The van der Waals surface area contributed by atoms with E-state index >= 15 is 0 Å². The third-order valence-corrected chi connectivity index (χ3v) is 4.99. The maximum Gasteiger partial charge on any atom is 0.224 e. The van der Waals surface area contributed by atoms with Crippen LogP contribution in [-0.4, -0.2) is 15.3 Å². The van der Waals surface area contributed by atoms with E-state index in [0.717, 1.165) is 16.3 Å². The molecule has 0 saturated heterocycles. The quantitative estimate of drug-likeness (QED) is 0.290. The van der Waals surface area contributed by atoms with Crippen molar-refractivity contribution in [2.24, 2.45) is 0 Å².